The van der Waals surface area contributed by atoms with Crippen LogP contribution in [-0.2, 0) is 17.1 Å². The number of aromatic nitrogens is 3. The fraction of sp³-hybridized carbons (Fsp3) is 0.625. The van der Waals surface area contributed by atoms with Crippen molar-refractivity contribution in [2.45, 2.75) is 37.1 Å². The predicted octanol–water partition coefficient (Wildman–Crippen LogP) is 1.14. The van der Waals surface area contributed by atoms with Crippen LogP contribution in [0, 0.1) is 6.92 Å². The summed E-state index contributed by atoms with van der Waals surface area (Å²) in [5.41, 5.74) is 1.51. The molecule has 2 aromatic rings. The minimum absolute atomic E-state index is 0.276. The molecule has 0 aromatic carbocycles. The summed E-state index contributed by atoms with van der Waals surface area (Å²) in [5.74, 6) is 0. The largest absolute Gasteiger partial charge is 0.299 e. The summed E-state index contributed by atoms with van der Waals surface area (Å²) in [4.78, 5) is 7.05. The Kier molecular flexibility index (Phi) is 3.85. The van der Waals surface area contributed by atoms with Gasteiger partial charge in [0.2, 0.25) is 10.0 Å². The van der Waals surface area contributed by atoms with E-state index in [0.717, 1.165) is 37.0 Å². The van der Waals surface area contributed by atoms with Gasteiger partial charge in [-0.15, -0.1) is 0 Å². The minimum atomic E-state index is -3.52. The van der Waals surface area contributed by atoms with Crippen molar-refractivity contribution in [3.63, 3.8) is 0 Å². The number of fused-ring (bicyclic) bond motifs is 2. The van der Waals surface area contributed by atoms with Crippen LogP contribution in [-0.4, -0.2) is 64.6 Å². The lowest BCUT2D eigenvalue weighted by Gasteiger charge is -2.25. The Morgan fingerprint density at radius 3 is 2.83 bits per heavy atom. The second kappa shape index (κ2) is 5.79. The van der Waals surface area contributed by atoms with Gasteiger partial charge in [0.15, 0.2) is 5.65 Å². The van der Waals surface area contributed by atoms with E-state index in [0.29, 0.717) is 24.8 Å². The van der Waals surface area contributed by atoms with E-state index in [1.807, 2.05) is 14.0 Å². The summed E-state index contributed by atoms with van der Waals surface area (Å²) in [6.45, 7) is 5.14. The average Bonchev–Trinajstić information content (AvgIpc) is 3.04. The smallest absolute Gasteiger partial charge is 0.244 e. The van der Waals surface area contributed by atoms with Crippen LogP contribution in [0.25, 0.3) is 11.0 Å². The molecule has 1 atom stereocenters. The molecule has 8 heteroatoms. The highest BCUT2D eigenvalue weighted by atomic mass is 32.2. The van der Waals surface area contributed by atoms with Gasteiger partial charge < -0.3 is 0 Å². The first kappa shape index (κ1) is 16.0. The van der Waals surface area contributed by atoms with Crippen molar-refractivity contribution in [1.29, 1.82) is 0 Å². The van der Waals surface area contributed by atoms with Crippen LogP contribution in [0.3, 0.4) is 0 Å². The number of sulfonamides is 1. The van der Waals surface area contributed by atoms with Crippen molar-refractivity contribution in [2.24, 2.45) is 7.05 Å². The molecule has 2 aliphatic heterocycles. The number of nitrogens with zero attached hydrogens (tertiary/aromatic N) is 5. The highest BCUT2D eigenvalue weighted by Gasteiger charge is 2.34. The fourth-order valence-corrected chi connectivity index (χ4v) is 5.46. The van der Waals surface area contributed by atoms with Crippen molar-refractivity contribution < 1.29 is 8.42 Å². The van der Waals surface area contributed by atoms with Gasteiger partial charge in [0, 0.05) is 37.8 Å². The highest BCUT2D eigenvalue weighted by molar-refractivity contribution is 7.89. The molecule has 2 saturated heterocycles. The maximum Gasteiger partial charge on any atom is 0.244 e. The molecule has 2 aliphatic rings. The molecule has 4 rings (SSSR count). The third-order valence-electron chi connectivity index (χ3n) is 5.24. The van der Waals surface area contributed by atoms with E-state index in [4.69, 9.17) is 0 Å². The maximum atomic E-state index is 13.1. The maximum absolute atomic E-state index is 13.1. The van der Waals surface area contributed by atoms with Gasteiger partial charge in [0.25, 0.3) is 0 Å². The lowest BCUT2D eigenvalue weighted by atomic mass is 10.2. The molecule has 4 heterocycles. The summed E-state index contributed by atoms with van der Waals surface area (Å²) in [6.07, 6.45) is 4.61. The molecule has 0 N–H and O–H groups in total. The van der Waals surface area contributed by atoms with E-state index in [2.05, 4.69) is 15.0 Å². The first-order chi connectivity index (χ1) is 11.5. The Morgan fingerprint density at radius 1 is 1.21 bits per heavy atom. The molecule has 2 aromatic heterocycles. The van der Waals surface area contributed by atoms with Crippen LogP contribution in [0.4, 0.5) is 0 Å². The molecule has 2 fully saturated rings. The SMILES string of the molecule is Cc1nn(C)c2ncc(S(=O)(=O)N3CCCN4CCCC4C3)cc12. The number of pyridine rings is 1. The van der Waals surface area contributed by atoms with Crippen molar-refractivity contribution in [2.75, 3.05) is 26.2 Å². The first-order valence-electron chi connectivity index (χ1n) is 8.50. The van der Waals surface area contributed by atoms with Crippen LogP contribution in [0.1, 0.15) is 25.0 Å². The molecule has 0 amide bonds. The molecule has 0 saturated carbocycles. The molecule has 0 radical (unpaired) electrons. The van der Waals surface area contributed by atoms with Crippen molar-refractivity contribution in [3.8, 4) is 0 Å². The van der Waals surface area contributed by atoms with Crippen LogP contribution >= 0.6 is 0 Å². The number of rotatable bonds is 2. The average molecular weight is 349 g/mol. The third kappa shape index (κ3) is 2.53. The molecular weight excluding hydrogens is 326 g/mol. The summed E-state index contributed by atoms with van der Waals surface area (Å²) in [7, 11) is -1.70. The second-order valence-corrected chi connectivity index (χ2v) is 8.74. The second-order valence-electron chi connectivity index (χ2n) is 6.80. The minimum Gasteiger partial charge on any atom is -0.299 e. The predicted molar refractivity (Wildman–Crippen MR) is 91.2 cm³/mol. The van der Waals surface area contributed by atoms with Gasteiger partial charge in [-0.25, -0.2) is 13.4 Å². The first-order valence-corrected chi connectivity index (χ1v) is 9.94. The summed E-state index contributed by atoms with van der Waals surface area (Å²) in [6, 6.07) is 2.08. The van der Waals surface area contributed by atoms with Gasteiger partial charge in [-0.2, -0.15) is 9.40 Å². The summed E-state index contributed by atoms with van der Waals surface area (Å²) < 4.78 is 29.6. The van der Waals surface area contributed by atoms with Gasteiger partial charge >= 0.3 is 0 Å². The third-order valence-corrected chi connectivity index (χ3v) is 7.07. The Morgan fingerprint density at radius 2 is 2.00 bits per heavy atom. The topological polar surface area (TPSA) is 71.3 Å². The van der Waals surface area contributed by atoms with Gasteiger partial charge in [0.1, 0.15) is 4.90 Å². The van der Waals surface area contributed by atoms with Crippen LogP contribution in [0.2, 0.25) is 0 Å². The highest BCUT2D eigenvalue weighted by Crippen LogP contribution is 2.27. The van der Waals surface area contributed by atoms with E-state index < -0.39 is 10.0 Å². The van der Waals surface area contributed by atoms with Gasteiger partial charge in [0.05, 0.1) is 5.69 Å². The van der Waals surface area contributed by atoms with Gasteiger partial charge in [-0.1, -0.05) is 0 Å². The van der Waals surface area contributed by atoms with Crippen LogP contribution < -0.4 is 0 Å². The number of aryl methyl sites for hydroxylation is 2. The molecule has 130 valence electrons. The van der Waals surface area contributed by atoms with E-state index in [1.165, 1.54) is 12.6 Å². The molecule has 1 unspecified atom stereocenters. The number of hydrogen-bond acceptors (Lipinski definition) is 5. The Balaban J connectivity index is 1.70. The molecule has 24 heavy (non-hydrogen) atoms. The number of hydrogen-bond donors (Lipinski definition) is 0. The van der Waals surface area contributed by atoms with Crippen molar-refractivity contribution >= 4 is 21.1 Å². The zero-order chi connectivity index (χ0) is 16.9. The van der Waals surface area contributed by atoms with Gasteiger partial charge in [-0.3, -0.25) is 9.58 Å². The summed E-state index contributed by atoms with van der Waals surface area (Å²) >= 11 is 0. The molecule has 7 nitrogen and oxygen atoms in total. The van der Waals surface area contributed by atoms with Crippen LogP contribution in [0.5, 0.6) is 0 Å². The zero-order valence-corrected chi connectivity index (χ0v) is 15.0. The molecule has 0 bridgehead atoms. The van der Waals surface area contributed by atoms with E-state index in [9.17, 15) is 8.42 Å². The van der Waals surface area contributed by atoms with Crippen molar-refractivity contribution in [3.05, 3.63) is 18.0 Å². The Bertz CT molecular complexity index is 876. The molecule has 0 aliphatic carbocycles. The summed E-state index contributed by atoms with van der Waals surface area (Å²) in [5, 5.41) is 5.13. The van der Waals surface area contributed by atoms with Crippen LogP contribution in [0.15, 0.2) is 17.2 Å². The lowest BCUT2D eigenvalue weighted by molar-refractivity contribution is 0.257. The van der Waals surface area contributed by atoms with E-state index in [1.54, 1.807) is 15.1 Å². The zero-order valence-electron chi connectivity index (χ0n) is 14.1. The lowest BCUT2D eigenvalue weighted by Crippen LogP contribution is -2.39. The van der Waals surface area contributed by atoms with Crippen molar-refractivity contribution in [1.82, 2.24) is 24.0 Å². The Labute approximate surface area is 142 Å². The molecule has 0 spiro atoms. The molecular formula is C16H23N5O2S. The standard InChI is InChI=1S/C16H23N5O2S/c1-12-15-9-14(10-17-16(15)19(2)18-12)24(22,23)21-8-4-7-20-6-3-5-13(20)11-21/h9-10,13H,3-8,11H2,1-2H3. The monoisotopic (exact) mass is 349 g/mol. The van der Waals surface area contributed by atoms with E-state index in [-0.39, 0.29) is 4.90 Å². The fourth-order valence-electron chi connectivity index (χ4n) is 3.97. The van der Waals surface area contributed by atoms with Gasteiger partial charge in [-0.05, 0) is 45.3 Å². The quantitative estimate of drug-likeness (QED) is 0.813. The Hall–Kier alpha value is -1.51. The van der Waals surface area contributed by atoms with E-state index >= 15 is 0 Å². The normalized spacial score (nSPS) is 23.5.